The van der Waals surface area contributed by atoms with Gasteiger partial charge < -0.3 is 11.5 Å². The van der Waals surface area contributed by atoms with Gasteiger partial charge >= 0.3 is 0 Å². The predicted octanol–water partition coefficient (Wildman–Crippen LogP) is 0.208. The van der Waals surface area contributed by atoms with Gasteiger partial charge in [-0.15, -0.1) is 0 Å². The molecule has 0 bridgehead atoms. The first-order valence-electron chi connectivity index (χ1n) is 4.53. The van der Waals surface area contributed by atoms with E-state index in [1.165, 1.54) is 12.3 Å². The highest BCUT2D eigenvalue weighted by Gasteiger charge is 2.18. The minimum atomic E-state index is -0.525. The molecule has 15 heavy (non-hydrogen) atoms. The van der Waals surface area contributed by atoms with Crippen LogP contribution in [0.15, 0.2) is 18.3 Å². The highest BCUT2D eigenvalue weighted by Crippen LogP contribution is 2.12. The minimum Gasteiger partial charge on any atom is -0.329 e. The summed E-state index contributed by atoms with van der Waals surface area (Å²) in [7, 11) is 0. The van der Waals surface area contributed by atoms with Gasteiger partial charge in [0.05, 0.1) is 4.92 Å². The molecule has 1 atom stereocenters. The number of hydrogen-bond donors (Lipinski definition) is 2. The number of nitro groups is 1. The van der Waals surface area contributed by atoms with Gasteiger partial charge in [-0.2, -0.15) is 0 Å². The molecule has 1 heterocycles. The summed E-state index contributed by atoms with van der Waals surface area (Å²) in [5, 5.41) is 10.4. The van der Waals surface area contributed by atoms with Gasteiger partial charge in [0.15, 0.2) is 0 Å². The molecule has 0 saturated carbocycles. The molecule has 6 heteroatoms. The molecule has 0 aromatic carbocycles. The molecule has 0 aliphatic carbocycles. The van der Waals surface area contributed by atoms with Crippen LogP contribution in [0.4, 0.5) is 5.69 Å². The first kappa shape index (κ1) is 11.5. The Labute approximate surface area is 87.4 Å². The first-order valence-corrected chi connectivity index (χ1v) is 4.53. The summed E-state index contributed by atoms with van der Waals surface area (Å²) in [5.41, 5.74) is 11.5. The lowest BCUT2D eigenvalue weighted by molar-refractivity contribution is -0.385. The Morgan fingerprint density at radius 3 is 2.67 bits per heavy atom. The van der Waals surface area contributed by atoms with Crippen LogP contribution in [-0.2, 0) is 6.42 Å². The van der Waals surface area contributed by atoms with E-state index in [2.05, 4.69) is 4.98 Å². The van der Waals surface area contributed by atoms with Gasteiger partial charge in [0.2, 0.25) is 0 Å². The third kappa shape index (κ3) is 3.26. The standard InChI is InChI=1S/C9H14N4O2/c1-9(11,6-10)4-7-2-3-8(5-12-7)13(14)15/h2-3,5H,4,6,10-11H2,1H3. The van der Waals surface area contributed by atoms with Crippen molar-refractivity contribution < 1.29 is 4.92 Å². The van der Waals surface area contributed by atoms with E-state index in [0.29, 0.717) is 18.7 Å². The van der Waals surface area contributed by atoms with Gasteiger partial charge in [0.25, 0.3) is 5.69 Å². The summed E-state index contributed by atoms with van der Waals surface area (Å²) in [4.78, 5) is 13.8. The third-order valence-electron chi connectivity index (χ3n) is 2.07. The molecule has 0 saturated heterocycles. The number of nitrogens with zero attached hydrogens (tertiary/aromatic N) is 2. The fraction of sp³-hybridized carbons (Fsp3) is 0.444. The fourth-order valence-electron chi connectivity index (χ4n) is 1.12. The van der Waals surface area contributed by atoms with Crippen LogP contribution in [0.2, 0.25) is 0 Å². The number of hydrogen-bond acceptors (Lipinski definition) is 5. The maximum atomic E-state index is 10.4. The molecule has 1 unspecified atom stereocenters. The smallest absolute Gasteiger partial charge is 0.287 e. The summed E-state index contributed by atoms with van der Waals surface area (Å²) in [6, 6.07) is 3.01. The maximum Gasteiger partial charge on any atom is 0.287 e. The maximum absolute atomic E-state index is 10.4. The molecule has 1 rings (SSSR count). The zero-order chi connectivity index (χ0) is 11.5. The molecule has 0 aliphatic rings. The van der Waals surface area contributed by atoms with Gasteiger partial charge in [-0.25, -0.2) is 0 Å². The second-order valence-corrected chi connectivity index (χ2v) is 3.80. The molecule has 1 aromatic heterocycles. The van der Waals surface area contributed by atoms with E-state index in [0.717, 1.165) is 0 Å². The summed E-state index contributed by atoms with van der Waals surface area (Å²) in [6.45, 7) is 2.15. The van der Waals surface area contributed by atoms with E-state index in [9.17, 15) is 10.1 Å². The fourth-order valence-corrected chi connectivity index (χ4v) is 1.12. The van der Waals surface area contributed by atoms with Crippen LogP contribution >= 0.6 is 0 Å². The van der Waals surface area contributed by atoms with Crippen LogP contribution in [-0.4, -0.2) is 22.0 Å². The van der Waals surface area contributed by atoms with Crippen molar-refractivity contribution in [1.29, 1.82) is 0 Å². The van der Waals surface area contributed by atoms with Crippen LogP contribution in [0.5, 0.6) is 0 Å². The van der Waals surface area contributed by atoms with Gasteiger partial charge in [0.1, 0.15) is 6.20 Å². The molecule has 0 fully saturated rings. The highest BCUT2D eigenvalue weighted by atomic mass is 16.6. The molecular formula is C9H14N4O2. The predicted molar refractivity (Wildman–Crippen MR) is 56.2 cm³/mol. The van der Waals surface area contributed by atoms with Gasteiger partial charge in [-0.3, -0.25) is 15.1 Å². The van der Waals surface area contributed by atoms with Crippen molar-refractivity contribution in [2.75, 3.05) is 6.54 Å². The van der Waals surface area contributed by atoms with Crippen molar-refractivity contribution in [3.8, 4) is 0 Å². The number of pyridine rings is 1. The number of nitrogens with two attached hydrogens (primary N) is 2. The second-order valence-electron chi connectivity index (χ2n) is 3.80. The summed E-state index contributed by atoms with van der Waals surface area (Å²) >= 11 is 0. The Hall–Kier alpha value is -1.53. The van der Waals surface area contributed by atoms with E-state index in [4.69, 9.17) is 11.5 Å². The average molecular weight is 210 g/mol. The molecule has 0 radical (unpaired) electrons. The summed E-state index contributed by atoms with van der Waals surface area (Å²) in [6.07, 6.45) is 1.73. The Bertz CT molecular complexity index is 348. The Balaban J connectivity index is 2.77. The molecule has 0 aliphatic heterocycles. The van der Waals surface area contributed by atoms with Gasteiger partial charge in [-0.05, 0) is 13.0 Å². The molecule has 1 aromatic rings. The van der Waals surface area contributed by atoms with Gasteiger partial charge in [0, 0.05) is 30.3 Å². The van der Waals surface area contributed by atoms with Crippen LogP contribution in [0.3, 0.4) is 0 Å². The monoisotopic (exact) mass is 210 g/mol. The quantitative estimate of drug-likeness (QED) is 0.545. The highest BCUT2D eigenvalue weighted by molar-refractivity contribution is 5.27. The second kappa shape index (κ2) is 4.33. The minimum absolute atomic E-state index is 0.0229. The van der Waals surface area contributed by atoms with E-state index in [1.54, 1.807) is 6.07 Å². The lowest BCUT2D eigenvalue weighted by Crippen LogP contribution is -2.46. The lowest BCUT2D eigenvalue weighted by atomic mass is 9.97. The lowest BCUT2D eigenvalue weighted by Gasteiger charge is -2.21. The Morgan fingerprint density at radius 1 is 1.60 bits per heavy atom. The van der Waals surface area contributed by atoms with Crippen molar-refractivity contribution in [1.82, 2.24) is 4.98 Å². The van der Waals surface area contributed by atoms with Crippen molar-refractivity contribution in [2.45, 2.75) is 18.9 Å². The van der Waals surface area contributed by atoms with Crippen molar-refractivity contribution in [3.05, 3.63) is 34.1 Å². The molecule has 82 valence electrons. The van der Waals surface area contributed by atoms with E-state index in [-0.39, 0.29) is 5.69 Å². The van der Waals surface area contributed by atoms with E-state index >= 15 is 0 Å². The van der Waals surface area contributed by atoms with Crippen molar-refractivity contribution in [3.63, 3.8) is 0 Å². The first-order chi connectivity index (χ1) is 6.94. The van der Waals surface area contributed by atoms with Crippen molar-refractivity contribution >= 4 is 5.69 Å². The Morgan fingerprint density at radius 2 is 2.27 bits per heavy atom. The normalized spacial score (nSPS) is 14.6. The zero-order valence-corrected chi connectivity index (χ0v) is 8.51. The molecular weight excluding hydrogens is 196 g/mol. The van der Waals surface area contributed by atoms with Crippen LogP contribution < -0.4 is 11.5 Å². The van der Waals surface area contributed by atoms with Gasteiger partial charge in [-0.1, -0.05) is 0 Å². The summed E-state index contributed by atoms with van der Waals surface area (Å²) < 4.78 is 0. The van der Waals surface area contributed by atoms with Crippen LogP contribution in [0.25, 0.3) is 0 Å². The zero-order valence-electron chi connectivity index (χ0n) is 8.51. The van der Waals surface area contributed by atoms with Crippen LogP contribution in [0, 0.1) is 10.1 Å². The number of rotatable bonds is 4. The van der Waals surface area contributed by atoms with E-state index < -0.39 is 10.5 Å². The molecule has 0 amide bonds. The number of aromatic nitrogens is 1. The topological polar surface area (TPSA) is 108 Å². The average Bonchev–Trinajstić information content (AvgIpc) is 2.18. The molecule has 6 nitrogen and oxygen atoms in total. The van der Waals surface area contributed by atoms with Crippen LogP contribution in [0.1, 0.15) is 12.6 Å². The van der Waals surface area contributed by atoms with E-state index in [1.807, 2.05) is 6.92 Å². The molecule has 4 N–H and O–H groups in total. The molecule has 0 spiro atoms. The third-order valence-corrected chi connectivity index (χ3v) is 2.07. The summed E-state index contributed by atoms with van der Waals surface area (Å²) in [5.74, 6) is 0. The largest absolute Gasteiger partial charge is 0.329 e. The van der Waals surface area contributed by atoms with Crippen molar-refractivity contribution in [2.24, 2.45) is 11.5 Å². The SMILES string of the molecule is CC(N)(CN)Cc1ccc([N+](=O)[O-])cn1. The Kier molecular flexibility index (Phi) is 3.33.